The van der Waals surface area contributed by atoms with Crippen LogP contribution in [0.2, 0.25) is 0 Å². The Hall–Kier alpha value is -4.48. The number of hydrogen-bond acceptors (Lipinski definition) is 9. The summed E-state index contributed by atoms with van der Waals surface area (Å²) < 4.78 is 22.8. The van der Waals surface area contributed by atoms with Crippen molar-refractivity contribution in [3.63, 3.8) is 0 Å². The van der Waals surface area contributed by atoms with Crippen molar-refractivity contribution in [3.05, 3.63) is 84.2 Å². The van der Waals surface area contributed by atoms with Crippen molar-refractivity contribution in [2.24, 2.45) is 5.73 Å². The van der Waals surface area contributed by atoms with Crippen molar-refractivity contribution in [3.8, 4) is 11.1 Å². The number of rotatable bonds is 29. The van der Waals surface area contributed by atoms with E-state index in [1.165, 1.54) is 38.5 Å². The zero-order valence-corrected chi connectivity index (χ0v) is 46.0. The highest BCUT2D eigenvalue weighted by atomic mass is 32.2. The van der Waals surface area contributed by atoms with E-state index in [-0.39, 0.29) is 36.1 Å². The number of carbonyl (C=O) groups excluding carboxylic acids is 3. The molecule has 5 unspecified atom stereocenters. The number of aromatic nitrogens is 5. The first-order chi connectivity index (χ1) is 32.8. The SMILES string of the molecule is C=C/C=C\c1c(NC(=O)CCCCCCCNC(=O)C[C@@](C)(PC)c2nnc(C)n2C(=C)N)cc(S(=C)(C)=O)c(-c2ccn3ncc(CC(=O)P)c3c2)c1C(C)CC.CCCCCC(CCC)OC. The predicted octanol–water partition coefficient (Wildman–Crippen LogP) is 11.0. The Balaban J connectivity index is 0.00000101. The second kappa shape index (κ2) is 29.0. The molecule has 0 fully saturated rings. The van der Waals surface area contributed by atoms with Crippen molar-refractivity contribution >= 4 is 73.7 Å². The van der Waals surface area contributed by atoms with Gasteiger partial charge in [-0.3, -0.25) is 23.2 Å². The van der Waals surface area contributed by atoms with Crippen LogP contribution >= 0.6 is 17.8 Å². The Kier molecular flexibility index (Phi) is 24.7. The first-order valence-corrected chi connectivity index (χ1v) is 28.7. The van der Waals surface area contributed by atoms with Crippen LogP contribution in [0.25, 0.3) is 28.5 Å². The molecule has 3 aromatic heterocycles. The van der Waals surface area contributed by atoms with Gasteiger partial charge in [-0.1, -0.05) is 113 Å². The van der Waals surface area contributed by atoms with Crippen molar-refractivity contribution in [1.29, 1.82) is 0 Å². The number of amides is 2. The zero-order chi connectivity index (χ0) is 51.3. The number of anilines is 1. The number of unbranched alkanes of at least 4 members (excludes halogenated alkanes) is 6. The summed E-state index contributed by atoms with van der Waals surface area (Å²) in [7, 11) is 1.66. The van der Waals surface area contributed by atoms with Gasteiger partial charge in [0.1, 0.15) is 17.5 Å². The van der Waals surface area contributed by atoms with E-state index in [9.17, 15) is 18.6 Å². The molecule has 4 rings (SSSR count). The van der Waals surface area contributed by atoms with Crippen LogP contribution < -0.4 is 16.4 Å². The Labute approximate surface area is 417 Å². The molecule has 4 aromatic rings. The van der Waals surface area contributed by atoms with E-state index in [1.807, 2.05) is 64.2 Å². The number of fused-ring (bicyclic) bond motifs is 1. The number of nitrogens with one attached hydrogen (secondary N) is 2. The van der Waals surface area contributed by atoms with Crippen LogP contribution in [0.5, 0.6) is 0 Å². The minimum absolute atomic E-state index is 0.0231. The largest absolute Gasteiger partial charge is 0.385 e. The highest BCUT2D eigenvalue weighted by Gasteiger charge is 2.34. The van der Waals surface area contributed by atoms with Gasteiger partial charge in [0, 0.05) is 72.6 Å². The zero-order valence-electron chi connectivity index (χ0n) is 43.0. The maximum atomic E-state index is 14.0. The van der Waals surface area contributed by atoms with Gasteiger partial charge in [-0.05, 0) is 103 Å². The lowest BCUT2D eigenvalue weighted by Crippen LogP contribution is -2.33. The Morgan fingerprint density at radius 1 is 1.04 bits per heavy atom. The van der Waals surface area contributed by atoms with E-state index in [2.05, 4.69) is 81.9 Å². The fourth-order valence-corrected chi connectivity index (χ4v) is 10.4. The van der Waals surface area contributed by atoms with Gasteiger partial charge < -0.3 is 21.1 Å². The number of nitrogens with zero attached hydrogens (tertiary/aromatic N) is 5. The van der Waals surface area contributed by atoms with Gasteiger partial charge >= 0.3 is 0 Å². The van der Waals surface area contributed by atoms with Crippen molar-refractivity contribution in [2.75, 3.05) is 31.9 Å². The van der Waals surface area contributed by atoms with Crippen LogP contribution in [0.15, 0.2) is 60.8 Å². The molecule has 3 heterocycles. The summed E-state index contributed by atoms with van der Waals surface area (Å²) in [6, 6.07) is 5.73. The van der Waals surface area contributed by atoms with Crippen LogP contribution in [0.3, 0.4) is 0 Å². The van der Waals surface area contributed by atoms with Crippen molar-refractivity contribution in [1.82, 2.24) is 29.7 Å². The third kappa shape index (κ3) is 17.4. The Bertz CT molecular complexity index is 2500. The van der Waals surface area contributed by atoms with Crippen LogP contribution in [0, 0.1) is 6.92 Å². The fourth-order valence-electron chi connectivity index (χ4n) is 8.44. The van der Waals surface area contributed by atoms with Crippen LogP contribution in [0.1, 0.15) is 159 Å². The summed E-state index contributed by atoms with van der Waals surface area (Å²) in [5, 5.41) is 18.6. The topological polar surface area (TPSA) is 176 Å². The lowest BCUT2D eigenvalue weighted by molar-refractivity contribution is -0.121. The predicted molar refractivity (Wildman–Crippen MR) is 296 cm³/mol. The molecule has 4 N–H and O–H groups in total. The van der Waals surface area contributed by atoms with Crippen molar-refractivity contribution in [2.45, 2.75) is 160 Å². The van der Waals surface area contributed by atoms with E-state index in [1.54, 1.807) is 27.6 Å². The van der Waals surface area contributed by atoms with Crippen LogP contribution in [0.4, 0.5) is 5.69 Å². The molecule has 0 saturated heterocycles. The monoisotopic (exact) mass is 1000 g/mol. The number of carbonyl (C=O) groups is 3. The van der Waals surface area contributed by atoms with Gasteiger partial charge in [0.15, 0.2) is 5.52 Å². The molecule has 16 heteroatoms. The average Bonchev–Trinajstić information content (AvgIpc) is 3.90. The Morgan fingerprint density at radius 2 is 1.75 bits per heavy atom. The van der Waals surface area contributed by atoms with E-state index in [0.29, 0.717) is 62.1 Å². The number of pyridine rings is 1. The smallest absolute Gasteiger partial charge is 0.224 e. The molecule has 0 spiro atoms. The number of aryl methyl sites for hydroxylation is 1. The molecule has 0 radical (unpaired) electrons. The molecule has 0 aliphatic carbocycles. The number of ether oxygens (including phenoxy) is 1. The third-order valence-electron chi connectivity index (χ3n) is 12.5. The molecule has 13 nitrogen and oxygen atoms in total. The third-order valence-corrected chi connectivity index (χ3v) is 15.5. The molecule has 0 saturated carbocycles. The van der Waals surface area contributed by atoms with E-state index < -0.39 is 14.7 Å². The molecule has 69 heavy (non-hydrogen) atoms. The van der Waals surface area contributed by atoms with E-state index in [4.69, 9.17) is 10.5 Å². The van der Waals surface area contributed by atoms with E-state index >= 15 is 0 Å². The van der Waals surface area contributed by atoms with Gasteiger partial charge in [-0.15, -0.1) is 18.8 Å². The van der Waals surface area contributed by atoms with Crippen LogP contribution in [-0.4, -0.2) is 84.5 Å². The number of nitrogens with two attached hydrogens (primary N) is 1. The number of benzene rings is 1. The summed E-state index contributed by atoms with van der Waals surface area (Å²) in [6.07, 6.45) is 24.7. The molecule has 0 bridgehead atoms. The van der Waals surface area contributed by atoms with Crippen molar-refractivity contribution < 1.29 is 23.3 Å². The highest BCUT2D eigenvalue weighted by Crippen LogP contribution is 2.44. The number of hydrogen-bond donors (Lipinski definition) is 3. The molecule has 1 aromatic carbocycles. The van der Waals surface area contributed by atoms with Crippen LogP contribution in [-0.2, 0) is 40.2 Å². The van der Waals surface area contributed by atoms with Gasteiger partial charge in [-0.25, -0.2) is 4.52 Å². The summed E-state index contributed by atoms with van der Waals surface area (Å²) in [6.45, 7) is 22.8. The molecular formula is C53H82N8O5P2S. The average molecular weight is 1010 g/mol. The quantitative estimate of drug-likeness (QED) is 0.0207. The Morgan fingerprint density at radius 3 is 2.36 bits per heavy atom. The number of methoxy groups -OCH3 is 1. The molecule has 0 aliphatic heterocycles. The first kappa shape index (κ1) is 58.8. The maximum absolute atomic E-state index is 14.0. The van der Waals surface area contributed by atoms with Gasteiger partial charge in [0.05, 0.1) is 23.0 Å². The molecule has 0 aliphatic rings. The summed E-state index contributed by atoms with van der Waals surface area (Å²) in [5.74, 6) is 5.56. The second-order valence-electron chi connectivity index (χ2n) is 18.3. The summed E-state index contributed by atoms with van der Waals surface area (Å²) in [4.78, 5) is 39.0. The summed E-state index contributed by atoms with van der Waals surface area (Å²) >= 11 is 0. The lowest BCUT2D eigenvalue weighted by atomic mass is 9.85. The lowest BCUT2D eigenvalue weighted by Gasteiger charge is -2.27. The first-order valence-electron chi connectivity index (χ1n) is 24.5. The fraction of sp³-hybridized carbons (Fsp3) is 0.528. The van der Waals surface area contributed by atoms with Gasteiger partial charge in [0.25, 0.3) is 0 Å². The normalized spacial score (nSPS) is 14.2. The van der Waals surface area contributed by atoms with Gasteiger partial charge in [0.2, 0.25) is 11.8 Å². The molecule has 6 atom stereocenters. The summed E-state index contributed by atoms with van der Waals surface area (Å²) in [5.41, 5.74) is 11.5. The molecule has 2 amide bonds. The maximum Gasteiger partial charge on any atom is 0.224 e. The molecular weight excluding hydrogens is 923 g/mol. The number of allylic oxidation sites excluding steroid dienone is 2. The second-order valence-corrected chi connectivity index (χ2v) is 23.0. The van der Waals surface area contributed by atoms with E-state index in [0.717, 1.165) is 65.4 Å². The molecule has 380 valence electrons. The minimum atomic E-state index is -2.79. The minimum Gasteiger partial charge on any atom is -0.385 e. The highest BCUT2D eigenvalue weighted by molar-refractivity contribution is 7.99. The van der Waals surface area contributed by atoms with Gasteiger partial charge in [-0.2, -0.15) is 5.10 Å². The standard InChI is InChI=1S/C43H60N8O4P2S.C10H22O/c1-10-12-18-33-34(25-36(58(8,9)55)41(40(33)28(3)11-2)31-20-22-50-35(23-31)32(27-46-50)24-39(54)56)47-37(52)19-16-14-13-15-17-21-45-38(53)26-43(6,57-7)42-49-48-30(5)51(42)29(4)44;1-4-6-7-9-10(11-3)8-5-2/h10,12,18,20,22-23,25,27-28,57H,1,4,8,11,13-17,19,21,24,26,44,56H2,2-3,5-7,9H3,(H,45,53)(H,47,52);10H,4-9H2,1-3H3/b18-12-;/t28?,43-,58?;/m1./s1.